The molecule has 15 rings (SSSR count). The first-order chi connectivity index (χ1) is 48.2. The largest absolute Gasteiger partial charge is 0.380 e. The highest BCUT2D eigenvalue weighted by Gasteiger charge is 2.28. The number of anilines is 3. The van der Waals surface area contributed by atoms with Crippen molar-refractivity contribution >= 4 is 141 Å². The van der Waals surface area contributed by atoms with Crippen molar-refractivity contribution in [3.63, 3.8) is 0 Å². The van der Waals surface area contributed by atoms with Crippen LogP contribution in [0.1, 0.15) is 31.2 Å². The summed E-state index contributed by atoms with van der Waals surface area (Å²) in [7, 11) is -15.6. The molecule has 12 aromatic rings. The maximum atomic E-state index is 11.5. The molecular weight excluding hydrogens is 1480 g/mol. The van der Waals surface area contributed by atoms with E-state index in [1.165, 1.54) is 39.9 Å². The van der Waals surface area contributed by atoms with Crippen molar-refractivity contribution in [2.45, 2.75) is 54.5 Å². The Balaban J connectivity index is 0.000000128. The molecule has 0 amide bonds. The number of hydrogen-bond donors (Lipinski definition) is 2. The van der Waals surface area contributed by atoms with Crippen molar-refractivity contribution in [2.24, 2.45) is 0 Å². The van der Waals surface area contributed by atoms with Crippen LogP contribution in [-0.2, 0) is 49.7 Å². The summed E-state index contributed by atoms with van der Waals surface area (Å²) in [5.74, 6) is 1.01. The van der Waals surface area contributed by atoms with Crippen molar-refractivity contribution in [2.75, 3.05) is 99.2 Å². The molecule has 32 heteroatoms. The molecule has 540 valence electrons. The van der Waals surface area contributed by atoms with Crippen LogP contribution in [0.25, 0.3) is 50.0 Å². The van der Waals surface area contributed by atoms with Crippen LogP contribution in [0.15, 0.2) is 199 Å². The Morgan fingerprint density at radius 1 is 0.422 bits per heavy atom. The molecule has 2 aromatic carbocycles. The second kappa shape index (κ2) is 31.3. The number of pyridine rings is 5. The van der Waals surface area contributed by atoms with Gasteiger partial charge in [-0.25, -0.2) is 60.7 Å². The summed E-state index contributed by atoms with van der Waals surface area (Å²) in [6, 6.07) is 39.5. The Morgan fingerprint density at radius 3 is 1.38 bits per heavy atom. The number of sulfonamides is 3. The third kappa shape index (κ3) is 18.8. The van der Waals surface area contributed by atoms with Gasteiger partial charge in [0.2, 0.25) is 30.1 Å². The normalized spacial score (nSPS) is 15.6. The summed E-state index contributed by atoms with van der Waals surface area (Å²) in [4.78, 5) is 11.1. The van der Waals surface area contributed by atoms with Crippen LogP contribution in [0.5, 0.6) is 0 Å². The average molecular weight is 1560 g/mol. The van der Waals surface area contributed by atoms with E-state index in [4.69, 9.17) is 46.4 Å². The lowest BCUT2D eigenvalue weighted by molar-refractivity contribution is 0.331. The number of nitrogens with zero attached hydrogens (tertiary/aromatic N) is 11. The molecule has 0 atom stereocenters. The minimum atomic E-state index is -3.17. The van der Waals surface area contributed by atoms with E-state index in [0.29, 0.717) is 88.3 Å². The molecular formula is C70H77Cl4N13O10S5. The molecule has 0 aliphatic carbocycles. The van der Waals surface area contributed by atoms with Crippen molar-refractivity contribution in [3.8, 4) is 22.4 Å². The topological polar surface area (TPSA) is 256 Å². The number of piperidine rings is 2. The van der Waals surface area contributed by atoms with Crippen molar-refractivity contribution < 1.29 is 42.1 Å². The summed E-state index contributed by atoms with van der Waals surface area (Å²) in [5.41, 5.74) is 12.0. The molecule has 2 N–H and O–H groups in total. The number of nitrogens with one attached hydrogen (secondary N) is 2. The Hall–Kier alpha value is -7.71. The first-order valence-corrected chi connectivity index (χ1v) is 43.1. The molecule has 102 heavy (non-hydrogen) atoms. The lowest BCUT2D eigenvalue weighted by atomic mass is 10.1. The smallest absolute Gasteiger partial charge is 0.211 e. The SMILES string of the molecule is CS(=O)(=O)N1CCC(Nc2cc(Cl)cn3cncc23)CC1.CS(=O)(=O)N1CCN(c2cc(Cl)cc3cccn23)CC1.CS(=O)(=O)c1ccc(-c2cc(Cl)cc3cccn23)cc1.CS(=O)(=O)c1ccc(-c2cc(Cl)cn3cccc23)cc1.Cc1cc(NC2CCN(S(C)(=O)=O)CC2)c2cncn2c1. The first kappa shape index (κ1) is 75.4. The number of sulfone groups is 2. The second-order valence-corrected chi connectivity index (χ2v) is 37.1. The summed E-state index contributed by atoms with van der Waals surface area (Å²) in [5, 5.41) is 9.61. The number of aromatic nitrogens is 7. The lowest BCUT2D eigenvalue weighted by Crippen LogP contribution is -2.48. The van der Waals surface area contributed by atoms with Crippen molar-refractivity contribution in [1.82, 2.24) is 44.9 Å². The third-order valence-corrected chi connectivity index (χ3v) is 24.7. The van der Waals surface area contributed by atoms with Crippen LogP contribution in [0.4, 0.5) is 17.2 Å². The van der Waals surface area contributed by atoms with Gasteiger partial charge in [-0.2, -0.15) is 4.31 Å². The van der Waals surface area contributed by atoms with Gasteiger partial charge in [-0.05, 0) is 152 Å². The Kier molecular flexibility index (Phi) is 23.2. The molecule has 0 saturated carbocycles. The van der Waals surface area contributed by atoms with E-state index in [0.717, 1.165) is 98.4 Å². The Morgan fingerprint density at radius 2 is 0.863 bits per heavy atom. The number of hydrogen-bond acceptors (Lipinski definition) is 15. The van der Waals surface area contributed by atoms with Gasteiger partial charge < -0.3 is 37.5 Å². The van der Waals surface area contributed by atoms with Gasteiger partial charge in [0.1, 0.15) is 5.82 Å². The number of halogens is 4. The summed E-state index contributed by atoms with van der Waals surface area (Å²) < 4.78 is 130. The van der Waals surface area contributed by atoms with Gasteiger partial charge in [0.05, 0.1) is 97.3 Å². The van der Waals surface area contributed by atoms with Crippen LogP contribution in [-0.4, -0.2) is 183 Å². The summed E-state index contributed by atoms with van der Waals surface area (Å²) in [6.45, 7) is 6.66. The number of piperazine rings is 1. The third-order valence-electron chi connectivity index (χ3n) is 17.7. The van der Waals surface area contributed by atoms with E-state index in [2.05, 4.69) is 42.9 Å². The van der Waals surface area contributed by atoms with E-state index < -0.39 is 49.7 Å². The molecule has 0 bridgehead atoms. The molecule has 3 aliphatic heterocycles. The molecule has 0 spiro atoms. The lowest BCUT2D eigenvalue weighted by Gasteiger charge is -2.35. The standard InChI is InChI=1S/2C15H12ClNO2S.C14H20N4O2S.C13H17ClN4O2S.C13H16ClN3O2S/c1-20(18,19)13-6-4-11(5-7-13)14-9-12(16)10-17-8-2-3-15(14)17;1-20(18,19)14-6-4-11(5-7-14)15-10-12(16)9-13-3-2-8-17(13)15;1-11-7-13(14-8-15-10-17(14)9-11)16-12-3-5-18(6-4-12)21(2,19)20;1-21(19,20)18-4-2-11(3-5-18)16-12-6-10(14)8-17-9-15-7-13(12)17;1-20(18,19)16-7-5-15(6-8-16)13-10-11(14)9-12-3-2-4-17(12)13/h2*2-10H,1H3;7-10,12,16H,3-6H2,1-2H3;6-9,11,16H,2-5H2,1H3;2-4,9-10H,5-8H2,1H3. The molecule has 3 saturated heterocycles. The number of aryl methyl sites for hydroxylation is 1. The van der Waals surface area contributed by atoms with Crippen LogP contribution in [0.3, 0.4) is 0 Å². The molecule has 23 nitrogen and oxygen atoms in total. The molecule has 0 radical (unpaired) electrons. The summed E-state index contributed by atoms with van der Waals surface area (Å²) >= 11 is 24.5. The van der Waals surface area contributed by atoms with Gasteiger partial charge in [-0.3, -0.25) is 0 Å². The van der Waals surface area contributed by atoms with Gasteiger partial charge >= 0.3 is 0 Å². The van der Waals surface area contributed by atoms with Gasteiger partial charge in [0, 0.05) is 141 Å². The van der Waals surface area contributed by atoms with Crippen LogP contribution >= 0.6 is 46.4 Å². The second-order valence-electron chi connectivity index (χ2n) is 25.3. The van der Waals surface area contributed by atoms with Gasteiger partial charge in [0.15, 0.2) is 19.7 Å². The zero-order valence-corrected chi connectivity index (χ0v) is 63.7. The zero-order valence-electron chi connectivity index (χ0n) is 56.6. The maximum absolute atomic E-state index is 11.5. The number of rotatable bonds is 12. The maximum Gasteiger partial charge on any atom is 0.211 e. The van der Waals surface area contributed by atoms with E-state index in [1.54, 1.807) is 77.9 Å². The quantitative estimate of drug-likeness (QED) is 0.115. The minimum absolute atomic E-state index is 0.236. The monoisotopic (exact) mass is 1560 g/mol. The van der Waals surface area contributed by atoms with Crippen molar-refractivity contribution in [3.05, 3.63) is 215 Å². The van der Waals surface area contributed by atoms with E-state index >= 15 is 0 Å². The van der Waals surface area contributed by atoms with Crippen molar-refractivity contribution in [1.29, 1.82) is 0 Å². The Bertz CT molecular complexity index is 5310. The van der Waals surface area contributed by atoms with Gasteiger partial charge in [-0.15, -0.1) is 0 Å². The van der Waals surface area contributed by atoms with Gasteiger partial charge in [0.25, 0.3) is 0 Å². The molecule has 13 heterocycles. The van der Waals surface area contributed by atoms with Gasteiger partial charge in [-0.1, -0.05) is 70.7 Å². The number of imidazole rings is 2. The fourth-order valence-electron chi connectivity index (χ4n) is 12.5. The summed E-state index contributed by atoms with van der Waals surface area (Å²) in [6.07, 6.45) is 28.1. The molecule has 3 aliphatic rings. The fraction of sp³-hybridized carbons (Fsp3) is 0.286. The minimum Gasteiger partial charge on any atom is -0.380 e. The fourth-order valence-corrected chi connectivity index (χ4v) is 17.2. The highest BCUT2D eigenvalue weighted by atomic mass is 35.5. The predicted molar refractivity (Wildman–Crippen MR) is 409 cm³/mol. The average Bonchev–Trinajstić information content (AvgIpc) is 1.57. The van der Waals surface area contributed by atoms with E-state index in [9.17, 15) is 42.1 Å². The predicted octanol–water partition coefficient (Wildman–Crippen LogP) is 12.3. The van der Waals surface area contributed by atoms with Crippen LogP contribution in [0, 0.1) is 6.92 Å². The van der Waals surface area contributed by atoms with Crippen LogP contribution < -0.4 is 15.5 Å². The molecule has 0 unspecified atom stereocenters. The van der Waals surface area contributed by atoms with E-state index in [1.807, 2.05) is 128 Å². The first-order valence-electron chi connectivity index (χ1n) is 32.3. The Labute approximate surface area is 614 Å². The van der Waals surface area contributed by atoms with E-state index in [-0.39, 0.29) is 6.04 Å². The number of benzene rings is 2. The van der Waals surface area contributed by atoms with Crippen LogP contribution in [0.2, 0.25) is 20.1 Å². The number of fused-ring (bicyclic) bond motifs is 5. The highest BCUT2D eigenvalue weighted by Crippen LogP contribution is 2.32. The molecule has 3 fully saturated rings. The molecule has 10 aromatic heterocycles. The zero-order chi connectivity index (χ0) is 73.1. The highest BCUT2D eigenvalue weighted by molar-refractivity contribution is 7.91.